The quantitative estimate of drug-likeness (QED) is 0.689. The number of rotatable bonds is 3. The molecule has 1 heterocycles. The lowest BCUT2D eigenvalue weighted by molar-refractivity contribution is 0.0472. The van der Waals surface area contributed by atoms with E-state index in [1.54, 1.807) is 30.3 Å². The van der Waals surface area contributed by atoms with Crippen molar-refractivity contribution in [2.24, 2.45) is 0 Å². The number of nitrogen functional groups attached to an aromatic ring is 1. The van der Waals surface area contributed by atoms with Crippen LogP contribution in [0.4, 0.5) is 5.69 Å². The molecule has 0 bridgehead atoms. The molecule has 1 aromatic heterocycles. The molecule has 0 amide bonds. The van der Waals surface area contributed by atoms with Crippen molar-refractivity contribution in [2.45, 2.75) is 6.61 Å². The van der Waals surface area contributed by atoms with Gasteiger partial charge in [0.2, 0.25) is 0 Å². The average molecular weight is 332 g/mol. The van der Waals surface area contributed by atoms with E-state index in [9.17, 15) is 4.79 Å². The van der Waals surface area contributed by atoms with Crippen molar-refractivity contribution < 1.29 is 9.53 Å². The molecule has 1 aromatic carbocycles. The van der Waals surface area contributed by atoms with E-state index in [2.05, 4.69) is 20.9 Å². The molecule has 2 aromatic rings. The standard InChI is InChI=1S/C14H10BrN3O2/c15-11-4-10(5-12(17)6-11)14(19)20-8-9-1-2-18-13(3-9)7-16/h1-6H,8,17H2. The summed E-state index contributed by atoms with van der Waals surface area (Å²) in [6, 6.07) is 10.0. The highest BCUT2D eigenvalue weighted by Gasteiger charge is 2.09. The van der Waals surface area contributed by atoms with Gasteiger partial charge in [-0.25, -0.2) is 9.78 Å². The number of nitriles is 1. The van der Waals surface area contributed by atoms with E-state index in [0.717, 1.165) is 0 Å². The molecule has 0 atom stereocenters. The third-order valence-electron chi connectivity index (χ3n) is 2.46. The number of anilines is 1. The van der Waals surface area contributed by atoms with Crippen molar-refractivity contribution >= 4 is 27.6 Å². The van der Waals surface area contributed by atoms with Crippen molar-refractivity contribution in [3.63, 3.8) is 0 Å². The van der Waals surface area contributed by atoms with Crippen molar-refractivity contribution in [1.82, 2.24) is 4.98 Å². The minimum absolute atomic E-state index is 0.0719. The highest BCUT2D eigenvalue weighted by molar-refractivity contribution is 9.10. The van der Waals surface area contributed by atoms with Crippen LogP contribution in [0.2, 0.25) is 0 Å². The number of hydrogen-bond donors (Lipinski definition) is 1. The zero-order chi connectivity index (χ0) is 14.5. The van der Waals surface area contributed by atoms with Crippen LogP contribution in [0.5, 0.6) is 0 Å². The largest absolute Gasteiger partial charge is 0.457 e. The molecular weight excluding hydrogens is 322 g/mol. The van der Waals surface area contributed by atoms with Crippen LogP contribution >= 0.6 is 15.9 Å². The summed E-state index contributed by atoms with van der Waals surface area (Å²) in [6.07, 6.45) is 1.50. The summed E-state index contributed by atoms with van der Waals surface area (Å²) >= 11 is 3.26. The maximum Gasteiger partial charge on any atom is 0.338 e. The van der Waals surface area contributed by atoms with Crippen LogP contribution in [0.1, 0.15) is 21.6 Å². The molecule has 0 aliphatic carbocycles. The summed E-state index contributed by atoms with van der Waals surface area (Å²) in [4.78, 5) is 15.7. The van der Waals surface area contributed by atoms with E-state index in [1.165, 1.54) is 6.20 Å². The van der Waals surface area contributed by atoms with Crippen LogP contribution in [-0.4, -0.2) is 11.0 Å². The fraction of sp³-hybridized carbons (Fsp3) is 0.0714. The fourth-order valence-electron chi connectivity index (χ4n) is 1.59. The second-order valence-electron chi connectivity index (χ2n) is 4.01. The van der Waals surface area contributed by atoms with Gasteiger partial charge in [0.1, 0.15) is 18.4 Å². The molecule has 100 valence electrons. The second-order valence-corrected chi connectivity index (χ2v) is 4.93. The van der Waals surface area contributed by atoms with Gasteiger partial charge in [-0.15, -0.1) is 0 Å². The zero-order valence-electron chi connectivity index (χ0n) is 10.3. The summed E-state index contributed by atoms with van der Waals surface area (Å²) in [6.45, 7) is 0.0719. The lowest BCUT2D eigenvalue weighted by Gasteiger charge is -2.06. The number of pyridine rings is 1. The molecule has 0 saturated carbocycles. The Bertz CT molecular complexity index is 675. The van der Waals surface area contributed by atoms with Crippen LogP contribution in [0.3, 0.4) is 0 Å². The molecule has 0 aliphatic heterocycles. The Hall–Kier alpha value is -2.39. The van der Waals surface area contributed by atoms with Crippen molar-refractivity contribution in [2.75, 3.05) is 5.73 Å². The SMILES string of the molecule is N#Cc1cc(COC(=O)c2cc(N)cc(Br)c2)ccn1. The van der Waals surface area contributed by atoms with Gasteiger partial charge in [-0.1, -0.05) is 15.9 Å². The Morgan fingerprint density at radius 2 is 2.20 bits per heavy atom. The Kier molecular flexibility index (Phi) is 4.33. The predicted octanol–water partition coefficient (Wildman–Crippen LogP) is 2.65. The molecule has 20 heavy (non-hydrogen) atoms. The van der Waals surface area contributed by atoms with Gasteiger partial charge in [-0.05, 0) is 35.9 Å². The summed E-state index contributed by atoms with van der Waals surface area (Å²) < 4.78 is 5.88. The molecule has 0 fully saturated rings. The van der Waals surface area contributed by atoms with Crippen LogP contribution in [0, 0.1) is 11.3 Å². The van der Waals surface area contributed by atoms with E-state index >= 15 is 0 Å². The van der Waals surface area contributed by atoms with Crippen molar-refractivity contribution in [1.29, 1.82) is 5.26 Å². The van der Waals surface area contributed by atoms with Gasteiger partial charge in [0.25, 0.3) is 0 Å². The number of nitrogens with zero attached hydrogens (tertiary/aromatic N) is 2. The number of aromatic nitrogens is 1. The van der Waals surface area contributed by atoms with Gasteiger partial charge < -0.3 is 10.5 Å². The first kappa shape index (κ1) is 14.0. The zero-order valence-corrected chi connectivity index (χ0v) is 11.9. The molecule has 0 unspecified atom stereocenters. The first-order chi connectivity index (χ1) is 9.58. The Labute approximate surface area is 124 Å². The number of nitrogens with two attached hydrogens (primary N) is 1. The Balaban J connectivity index is 2.06. The summed E-state index contributed by atoms with van der Waals surface area (Å²) in [5.41, 5.74) is 7.49. The monoisotopic (exact) mass is 331 g/mol. The third kappa shape index (κ3) is 3.56. The molecule has 0 aliphatic rings. The number of carbonyl (C=O) groups is 1. The molecule has 0 saturated heterocycles. The molecule has 2 N–H and O–H groups in total. The smallest absolute Gasteiger partial charge is 0.338 e. The average Bonchev–Trinajstić information content (AvgIpc) is 2.44. The Morgan fingerprint density at radius 3 is 2.90 bits per heavy atom. The third-order valence-corrected chi connectivity index (χ3v) is 2.92. The second kappa shape index (κ2) is 6.17. The highest BCUT2D eigenvalue weighted by Crippen LogP contribution is 2.18. The van der Waals surface area contributed by atoms with Crippen molar-refractivity contribution in [3.8, 4) is 6.07 Å². The number of carbonyl (C=O) groups excluding carboxylic acids is 1. The van der Waals surface area contributed by atoms with E-state index in [0.29, 0.717) is 21.3 Å². The molecule has 5 nitrogen and oxygen atoms in total. The minimum atomic E-state index is -0.478. The molecule has 6 heteroatoms. The van der Waals surface area contributed by atoms with Gasteiger partial charge in [0, 0.05) is 16.4 Å². The van der Waals surface area contributed by atoms with Crippen LogP contribution in [-0.2, 0) is 11.3 Å². The highest BCUT2D eigenvalue weighted by atomic mass is 79.9. The van der Waals surface area contributed by atoms with Crippen LogP contribution in [0.15, 0.2) is 41.0 Å². The lowest BCUT2D eigenvalue weighted by atomic mass is 10.2. The lowest BCUT2D eigenvalue weighted by Crippen LogP contribution is -2.06. The fourth-order valence-corrected chi connectivity index (χ4v) is 2.10. The summed E-state index contributed by atoms with van der Waals surface area (Å²) in [5.74, 6) is -0.478. The maximum absolute atomic E-state index is 11.9. The number of esters is 1. The van der Waals surface area contributed by atoms with Gasteiger partial charge in [0.15, 0.2) is 0 Å². The van der Waals surface area contributed by atoms with Gasteiger partial charge >= 0.3 is 5.97 Å². The van der Waals surface area contributed by atoms with Crippen LogP contribution in [0.25, 0.3) is 0 Å². The topological polar surface area (TPSA) is 89.0 Å². The van der Waals surface area contributed by atoms with E-state index < -0.39 is 5.97 Å². The van der Waals surface area contributed by atoms with Crippen molar-refractivity contribution in [3.05, 3.63) is 57.8 Å². The van der Waals surface area contributed by atoms with E-state index in [-0.39, 0.29) is 12.3 Å². The van der Waals surface area contributed by atoms with Gasteiger partial charge in [-0.2, -0.15) is 5.26 Å². The normalized spacial score (nSPS) is 9.80. The number of benzene rings is 1. The summed E-state index contributed by atoms with van der Waals surface area (Å²) in [7, 11) is 0. The maximum atomic E-state index is 11.9. The predicted molar refractivity (Wildman–Crippen MR) is 76.6 cm³/mol. The number of halogens is 1. The van der Waals surface area contributed by atoms with E-state index in [4.69, 9.17) is 15.7 Å². The summed E-state index contributed by atoms with van der Waals surface area (Å²) in [5, 5.41) is 8.74. The van der Waals surface area contributed by atoms with Gasteiger partial charge in [0.05, 0.1) is 5.56 Å². The molecule has 0 spiro atoms. The number of ether oxygens (including phenoxy) is 1. The first-order valence-corrected chi connectivity index (χ1v) is 6.46. The van der Waals surface area contributed by atoms with Crippen LogP contribution < -0.4 is 5.73 Å². The van der Waals surface area contributed by atoms with Gasteiger partial charge in [-0.3, -0.25) is 0 Å². The number of hydrogen-bond acceptors (Lipinski definition) is 5. The minimum Gasteiger partial charge on any atom is -0.457 e. The Morgan fingerprint density at radius 1 is 1.40 bits per heavy atom. The molecular formula is C14H10BrN3O2. The molecule has 0 radical (unpaired) electrons. The molecule has 2 rings (SSSR count). The first-order valence-electron chi connectivity index (χ1n) is 5.66. The van der Waals surface area contributed by atoms with E-state index in [1.807, 2.05) is 6.07 Å².